The molecule has 0 aliphatic heterocycles. The first-order chi connectivity index (χ1) is 28.5. The maximum atomic E-state index is 12.2. The summed E-state index contributed by atoms with van der Waals surface area (Å²) < 4.78 is 17.3. The molecule has 1 atom stereocenters. The lowest BCUT2D eigenvalue weighted by Crippen LogP contribution is -2.39. The van der Waals surface area contributed by atoms with E-state index in [1.165, 1.54) is 0 Å². The molecule has 0 amide bonds. The van der Waals surface area contributed by atoms with Gasteiger partial charge >= 0.3 is 5.97 Å². The van der Waals surface area contributed by atoms with E-state index >= 15 is 0 Å². The standard InChI is InChI=1S/C48H42N6O4/c1-4-39-31-43(45-42(49-39)29-30-44(50-45)58-33(3)47(55)56-5-2)57-32-34-25-27-35(28-26-34)40-23-15-16-24-41(40)46-51-53-54(52-46)48(36-17-9-6-10-18-36,37-19-11-7-12-20-37)38-21-13-8-14-22-38/h6-31,33H,4-5,32H2,1-3H3. The van der Waals surface area contributed by atoms with Crippen molar-refractivity contribution in [2.75, 3.05) is 6.61 Å². The Hall–Kier alpha value is -7.20. The number of nitrogens with zero attached hydrogens (tertiary/aromatic N) is 6. The van der Waals surface area contributed by atoms with Crippen molar-refractivity contribution in [3.8, 4) is 34.1 Å². The van der Waals surface area contributed by atoms with Crippen LogP contribution in [0, 0.1) is 0 Å². The van der Waals surface area contributed by atoms with Crippen LogP contribution in [0.25, 0.3) is 33.5 Å². The number of aromatic nitrogens is 6. The van der Waals surface area contributed by atoms with Gasteiger partial charge in [-0.2, -0.15) is 0 Å². The van der Waals surface area contributed by atoms with Gasteiger partial charge in [-0.15, -0.1) is 15.0 Å². The number of rotatable bonds is 14. The molecular formula is C48H42N6O4. The van der Waals surface area contributed by atoms with Gasteiger partial charge in [0.15, 0.2) is 11.6 Å². The zero-order chi connectivity index (χ0) is 39.9. The smallest absolute Gasteiger partial charge is 0.347 e. The quantitative estimate of drug-likeness (QED) is 0.0789. The van der Waals surface area contributed by atoms with Crippen LogP contribution in [0.3, 0.4) is 0 Å². The number of fused-ring (bicyclic) bond motifs is 1. The normalized spacial score (nSPS) is 11.9. The number of aryl methyl sites for hydroxylation is 1. The molecular weight excluding hydrogens is 725 g/mol. The van der Waals surface area contributed by atoms with E-state index in [2.05, 4.69) is 71.7 Å². The maximum absolute atomic E-state index is 12.2. The summed E-state index contributed by atoms with van der Waals surface area (Å²) in [5.41, 5.74) is 8.07. The summed E-state index contributed by atoms with van der Waals surface area (Å²) in [5, 5.41) is 14.6. The molecule has 288 valence electrons. The summed E-state index contributed by atoms with van der Waals surface area (Å²) in [5.74, 6) is 0.925. The van der Waals surface area contributed by atoms with Crippen molar-refractivity contribution in [2.24, 2.45) is 0 Å². The number of carbonyl (C=O) groups is 1. The van der Waals surface area contributed by atoms with Crippen LogP contribution >= 0.6 is 0 Å². The van der Waals surface area contributed by atoms with E-state index in [9.17, 15) is 4.79 Å². The van der Waals surface area contributed by atoms with Crippen molar-refractivity contribution in [2.45, 2.75) is 45.4 Å². The van der Waals surface area contributed by atoms with Gasteiger partial charge in [-0.05, 0) is 64.9 Å². The minimum absolute atomic E-state index is 0.271. The molecule has 0 N–H and O–H groups in total. The van der Waals surface area contributed by atoms with Gasteiger partial charge in [0.2, 0.25) is 11.7 Å². The Morgan fingerprint density at radius 1 is 0.707 bits per heavy atom. The Morgan fingerprint density at radius 3 is 1.91 bits per heavy atom. The van der Waals surface area contributed by atoms with Crippen molar-refractivity contribution in [1.29, 1.82) is 0 Å². The molecule has 0 saturated carbocycles. The van der Waals surface area contributed by atoms with E-state index in [0.717, 1.165) is 51.1 Å². The minimum atomic E-state index is -0.880. The largest absolute Gasteiger partial charge is 0.486 e. The summed E-state index contributed by atoms with van der Waals surface area (Å²) in [6.45, 7) is 6.01. The van der Waals surface area contributed by atoms with Crippen LogP contribution in [0.2, 0.25) is 0 Å². The summed E-state index contributed by atoms with van der Waals surface area (Å²) >= 11 is 0. The van der Waals surface area contributed by atoms with Crippen LogP contribution in [0.5, 0.6) is 11.6 Å². The van der Waals surface area contributed by atoms with Gasteiger partial charge < -0.3 is 14.2 Å². The number of hydrogen-bond acceptors (Lipinski definition) is 9. The number of hydrogen-bond donors (Lipinski definition) is 0. The minimum Gasteiger partial charge on any atom is -0.486 e. The van der Waals surface area contributed by atoms with Crippen molar-refractivity contribution in [3.63, 3.8) is 0 Å². The highest BCUT2D eigenvalue weighted by Gasteiger charge is 2.41. The molecule has 58 heavy (non-hydrogen) atoms. The summed E-state index contributed by atoms with van der Waals surface area (Å²) in [6.07, 6.45) is -0.0811. The fraction of sp³-hybridized carbons (Fsp3) is 0.167. The van der Waals surface area contributed by atoms with Crippen molar-refractivity contribution in [1.82, 2.24) is 30.2 Å². The van der Waals surface area contributed by atoms with E-state index in [1.807, 2.05) is 91.9 Å². The second-order valence-electron chi connectivity index (χ2n) is 13.7. The van der Waals surface area contributed by atoms with Crippen LogP contribution in [0.1, 0.15) is 48.7 Å². The number of benzene rings is 5. The zero-order valence-corrected chi connectivity index (χ0v) is 32.5. The van der Waals surface area contributed by atoms with Crippen LogP contribution in [0.4, 0.5) is 0 Å². The van der Waals surface area contributed by atoms with Gasteiger partial charge in [0, 0.05) is 23.4 Å². The highest BCUT2D eigenvalue weighted by molar-refractivity contribution is 5.82. The summed E-state index contributed by atoms with van der Waals surface area (Å²) in [7, 11) is 0. The molecule has 10 heteroatoms. The third-order valence-corrected chi connectivity index (χ3v) is 10.0. The lowest BCUT2D eigenvalue weighted by atomic mass is 9.77. The number of pyridine rings is 2. The van der Waals surface area contributed by atoms with E-state index < -0.39 is 17.6 Å². The molecule has 0 saturated heterocycles. The third kappa shape index (κ3) is 7.52. The molecule has 1 unspecified atom stereocenters. The molecule has 0 fully saturated rings. The second kappa shape index (κ2) is 16.9. The van der Waals surface area contributed by atoms with E-state index in [-0.39, 0.29) is 12.5 Å². The van der Waals surface area contributed by atoms with E-state index in [4.69, 9.17) is 34.6 Å². The highest BCUT2D eigenvalue weighted by atomic mass is 16.6. The molecule has 0 radical (unpaired) electrons. The summed E-state index contributed by atoms with van der Waals surface area (Å²) in [6, 6.07) is 52.7. The first-order valence-electron chi connectivity index (χ1n) is 19.4. The van der Waals surface area contributed by atoms with Crippen LogP contribution < -0.4 is 9.47 Å². The van der Waals surface area contributed by atoms with E-state index in [1.54, 1.807) is 24.7 Å². The first-order valence-corrected chi connectivity index (χ1v) is 19.4. The lowest BCUT2D eigenvalue weighted by molar-refractivity contribution is -0.150. The molecule has 3 heterocycles. The molecule has 8 aromatic rings. The molecule has 5 aromatic carbocycles. The Labute approximate surface area is 337 Å². The van der Waals surface area contributed by atoms with Crippen molar-refractivity contribution in [3.05, 3.63) is 186 Å². The number of esters is 1. The Bertz CT molecular complexity index is 2540. The Kier molecular flexibility index (Phi) is 11.0. The Morgan fingerprint density at radius 2 is 1.31 bits per heavy atom. The average molecular weight is 767 g/mol. The zero-order valence-electron chi connectivity index (χ0n) is 32.5. The number of ether oxygens (including phenoxy) is 3. The molecule has 10 nitrogen and oxygen atoms in total. The Balaban J connectivity index is 1.09. The van der Waals surface area contributed by atoms with Crippen LogP contribution in [0.15, 0.2) is 158 Å². The predicted molar refractivity (Wildman–Crippen MR) is 223 cm³/mol. The predicted octanol–water partition coefficient (Wildman–Crippen LogP) is 9.26. The average Bonchev–Trinajstić information content (AvgIpc) is 3.77. The topological polar surface area (TPSA) is 114 Å². The van der Waals surface area contributed by atoms with Gasteiger partial charge in [-0.3, -0.25) is 4.98 Å². The molecule has 0 aliphatic rings. The molecule has 8 rings (SSSR count). The fourth-order valence-electron chi connectivity index (χ4n) is 7.18. The van der Waals surface area contributed by atoms with Crippen molar-refractivity contribution < 1.29 is 19.0 Å². The van der Waals surface area contributed by atoms with Crippen molar-refractivity contribution >= 4 is 17.0 Å². The van der Waals surface area contributed by atoms with Gasteiger partial charge in [0.05, 0.1) is 12.1 Å². The molecule has 0 aliphatic carbocycles. The first kappa shape index (κ1) is 37.7. The summed E-state index contributed by atoms with van der Waals surface area (Å²) in [4.78, 5) is 23.3. The maximum Gasteiger partial charge on any atom is 0.347 e. The molecule has 0 bridgehead atoms. The second-order valence-corrected chi connectivity index (χ2v) is 13.7. The third-order valence-electron chi connectivity index (χ3n) is 10.0. The number of tetrazole rings is 1. The van der Waals surface area contributed by atoms with Gasteiger partial charge in [0.25, 0.3) is 0 Å². The fourth-order valence-corrected chi connectivity index (χ4v) is 7.18. The van der Waals surface area contributed by atoms with Gasteiger partial charge in [-0.1, -0.05) is 146 Å². The van der Waals surface area contributed by atoms with Crippen LogP contribution in [-0.2, 0) is 28.1 Å². The van der Waals surface area contributed by atoms with E-state index in [0.29, 0.717) is 29.2 Å². The van der Waals surface area contributed by atoms with Crippen LogP contribution in [-0.4, -0.2) is 48.9 Å². The SMILES string of the molecule is CCOC(=O)C(C)Oc1ccc2nc(CC)cc(OCc3ccc(-c4ccccc4-c4nnn(C(c5ccccc5)(c5ccccc5)c5ccccc5)n4)cc3)c2n1. The number of carbonyl (C=O) groups excluding carboxylic acids is 1. The van der Waals surface area contributed by atoms with Gasteiger partial charge in [-0.25, -0.2) is 9.78 Å². The molecule has 0 spiro atoms. The monoisotopic (exact) mass is 766 g/mol. The lowest BCUT2D eigenvalue weighted by Gasteiger charge is -2.34. The van der Waals surface area contributed by atoms with Gasteiger partial charge in [0.1, 0.15) is 17.9 Å². The molecule has 3 aromatic heterocycles. The highest BCUT2D eigenvalue weighted by Crippen LogP contribution is 2.40.